The van der Waals surface area contributed by atoms with Crippen molar-refractivity contribution in [3.05, 3.63) is 158 Å². The van der Waals surface area contributed by atoms with Crippen molar-refractivity contribution in [2.24, 2.45) is 0 Å². The lowest BCUT2D eigenvalue weighted by Gasteiger charge is -2.11. The predicted octanol–water partition coefficient (Wildman–Crippen LogP) is 11.5. The van der Waals surface area contributed by atoms with Crippen molar-refractivity contribution in [3.8, 4) is 39.3 Å². The van der Waals surface area contributed by atoms with Gasteiger partial charge in [-0.3, -0.25) is 0 Å². The van der Waals surface area contributed by atoms with Crippen LogP contribution in [0.2, 0.25) is 0 Å². The highest BCUT2D eigenvalue weighted by molar-refractivity contribution is 7.25. The molecule has 0 aliphatic carbocycles. The van der Waals surface area contributed by atoms with E-state index in [1.54, 1.807) is 0 Å². The van der Waals surface area contributed by atoms with E-state index in [0.717, 1.165) is 33.8 Å². The van der Waals surface area contributed by atoms with E-state index >= 15 is 0 Å². The Morgan fingerprint density at radius 2 is 1.00 bits per heavy atom. The van der Waals surface area contributed by atoms with Crippen LogP contribution in [-0.4, -0.2) is 9.55 Å². The summed E-state index contributed by atoms with van der Waals surface area (Å²) >= 11 is 1.85. The number of hydrogen-bond acceptors (Lipinski definition) is 2. The van der Waals surface area contributed by atoms with Crippen LogP contribution in [0.25, 0.3) is 81.3 Å². The second-order valence-electron chi connectivity index (χ2n) is 11.2. The highest BCUT2D eigenvalue weighted by Crippen LogP contribution is 2.39. The van der Waals surface area contributed by atoms with Crippen LogP contribution in [0, 0.1) is 0 Å². The van der Waals surface area contributed by atoms with E-state index in [4.69, 9.17) is 4.98 Å². The van der Waals surface area contributed by atoms with Gasteiger partial charge in [-0.15, -0.1) is 11.3 Å². The third-order valence-corrected chi connectivity index (χ3v) is 9.74. The van der Waals surface area contributed by atoms with E-state index in [-0.39, 0.29) is 0 Å². The van der Waals surface area contributed by atoms with E-state index in [9.17, 15) is 0 Å². The lowest BCUT2D eigenvalue weighted by Crippen LogP contribution is -1.93. The quantitative estimate of drug-likeness (QED) is 0.203. The molecule has 0 unspecified atom stereocenters. The van der Waals surface area contributed by atoms with E-state index in [0.29, 0.717) is 0 Å². The zero-order valence-electron chi connectivity index (χ0n) is 23.8. The summed E-state index contributed by atoms with van der Waals surface area (Å²) in [5.74, 6) is 0. The van der Waals surface area contributed by atoms with Crippen LogP contribution in [-0.2, 0) is 0 Å². The maximum absolute atomic E-state index is 5.25. The molecular weight excluding hydrogens is 553 g/mol. The lowest BCUT2D eigenvalue weighted by molar-refractivity contribution is 1.18. The third-order valence-electron chi connectivity index (χ3n) is 8.59. The molecule has 0 fully saturated rings. The third kappa shape index (κ3) is 4.05. The molecule has 206 valence electrons. The minimum absolute atomic E-state index is 0.968. The van der Waals surface area contributed by atoms with Crippen molar-refractivity contribution >= 4 is 53.3 Å². The summed E-state index contributed by atoms with van der Waals surface area (Å²) in [7, 11) is 0. The largest absolute Gasteiger partial charge is 0.309 e. The van der Waals surface area contributed by atoms with Crippen molar-refractivity contribution in [2.45, 2.75) is 0 Å². The molecule has 9 aromatic rings. The summed E-state index contributed by atoms with van der Waals surface area (Å²) in [6.45, 7) is 0. The second kappa shape index (κ2) is 10.0. The van der Waals surface area contributed by atoms with Crippen molar-refractivity contribution < 1.29 is 0 Å². The van der Waals surface area contributed by atoms with Crippen LogP contribution >= 0.6 is 11.3 Å². The first kappa shape index (κ1) is 25.0. The molecule has 0 aliphatic rings. The Hall–Kier alpha value is -5.51. The van der Waals surface area contributed by atoms with Crippen LogP contribution in [0.1, 0.15) is 0 Å². The Balaban J connectivity index is 1.26. The topological polar surface area (TPSA) is 17.8 Å². The van der Waals surface area contributed by atoms with Gasteiger partial charge in [0, 0.05) is 47.8 Å². The fourth-order valence-electron chi connectivity index (χ4n) is 6.50. The second-order valence-corrected chi connectivity index (χ2v) is 12.3. The number of para-hydroxylation sites is 2. The Morgan fingerprint density at radius 1 is 0.386 bits per heavy atom. The van der Waals surface area contributed by atoms with E-state index < -0.39 is 0 Å². The average Bonchev–Trinajstić information content (AvgIpc) is 3.64. The molecule has 9 rings (SSSR count). The smallest absolute Gasteiger partial charge is 0.0715 e. The Bertz CT molecular complexity index is 2490. The zero-order valence-corrected chi connectivity index (χ0v) is 24.6. The van der Waals surface area contributed by atoms with Gasteiger partial charge in [-0.05, 0) is 71.8 Å². The Morgan fingerprint density at radius 3 is 1.84 bits per heavy atom. The standard InChI is InChI=1S/C41H26N2S/c1-3-11-27(12-4-1)36-25-30(28-20-22-41-35(23-28)33-16-8-10-18-40(33)44-41)26-37(42-36)29-19-21-39-34(24-29)32-15-7-9-17-38(32)43(39)31-13-5-2-6-14-31/h1-26H. The van der Waals surface area contributed by atoms with Crippen LogP contribution in [0.5, 0.6) is 0 Å². The van der Waals surface area contributed by atoms with Gasteiger partial charge in [0.25, 0.3) is 0 Å². The Kier molecular flexibility index (Phi) is 5.71. The van der Waals surface area contributed by atoms with Gasteiger partial charge in [0.1, 0.15) is 0 Å². The summed E-state index contributed by atoms with van der Waals surface area (Å²) in [5, 5.41) is 5.08. The van der Waals surface area contributed by atoms with Gasteiger partial charge in [-0.25, -0.2) is 4.98 Å². The average molecular weight is 579 g/mol. The normalized spacial score (nSPS) is 11.6. The highest BCUT2D eigenvalue weighted by Gasteiger charge is 2.15. The number of nitrogens with zero attached hydrogens (tertiary/aromatic N) is 2. The lowest BCUT2D eigenvalue weighted by atomic mass is 9.98. The van der Waals surface area contributed by atoms with E-state index in [1.165, 1.54) is 47.5 Å². The molecule has 0 saturated heterocycles. The first-order chi connectivity index (χ1) is 21.8. The monoisotopic (exact) mass is 578 g/mol. The number of fused-ring (bicyclic) bond motifs is 6. The van der Waals surface area contributed by atoms with Crippen LogP contribution in [0.4, 0.5) is 0 Å². The molecule has 0 amide bonds. The summed E-state index contributed by atoms with van der Waals surface area (Å²) in [6.07, 6.45) is 0. The Labute approximate surface area is 259 Å². The van der Waals surface area contributed by atoms with Crippen LogP contribution in [0.3, 0.4) is 0 Å². The van der Waals surface area contributed by atoms with Gasteiger partial charge in [-0.2, -0.15) is 0 Å². The first-order valence-corrected chi connectivity index (χ1v) is 15.7. The molecule has 3 heteroatoms. The summed E-state index contributed by atoms with van der Waals surface area (Å²) in [6, 6.07) is 56.6. The molecule has 0 N–H and O–H groups in total. The van der Waals surface area contributed by atoms with Crippen molar-refractivity contribution in [3.63, 3.8) is 0 Å². The molecule has 0 aliphatic heterocycles. The minimum atomic E-state index is 0.968. The molecule has 0 spiro atoms. The number of hydrogen-bond donors (Lipinski definition) is 0. The van der Waals surface area contributed by atoms with Crippen molar-refractivity contribution in [2.75, 3.05) is 0 Å². The summed E-state index contributed by atoms with van der Waals surface area (Å²) < 4.78 is 4.99. The number of pyridine rings is 1. The van der Waals surface area contributed by atoms with Gasteiger partial charge in [0.05, 0.1) is 22.4 Å². The maximum Gasteiger partial charge on any atom is 0.0715 e. The summed E-state index contributed by atoms with van der Waals surface area (Å²) in [5.41, 5.74) is 10.1. The number of aromatic nitrogens is 2. The van der Waals surface area contributed by atoms with E-state index in [2.05, 4.69) is 162 Å². The van der Waals surface area contributed by atoms with E-state index in [1.807, 2.05) is 11.3 Å². The molecule has 0 atom stereocenters. The van der Waals surface area contributed by atoms with Gasteiger partial charge >= 0.3 is 0 Å². The van der Waals surface area contributed by atoms with Gasteiger partial charge < -0.3 is 4.57 Å². The van der Waals surface area contributed by atoms with Crippen LogP contribution < -0.4 is 0 Å². The van der Waals surface area contributed by atoms with Crippen molar-refractivity contribution in [1.82, 2.24) is 9.55 Å². The number of thiophene rings is 1. The van der Waals surface area contributed by atoms with Gasteiger partial charge in [0.15, 0.2) is 0 Å². The molecule has 44 heavy (non-hydrogen) atoms. The molecule has 3 aromatic heterocycles. The van der Waals surface area contributed by atoms with Gasteiger partial charge in [-0.1, -0.05) is 97.1 Å². The predicted molar refractivity (Wildman–Crippen MR) is 188 cm³/mol. The molecule has 2 nitrogen and oxygen atoms in total. The zero-order chi connectivity index (χ0) is 29.0. The summed E-state index contributed by atoms with van der Waals surface area (Å²) in [4.78, 5) is 5.25. The maximum atomic E-state index is 5.25. The molecule has 0 saturated carbocycles. The first-order valence-electron chi connectivity index (χ1n) is 14.9. The van der Waals surface area contributed by atoms with Gasteiger partial charge in [0.2, 0.25) is 0 Å². The molecule has 0 radical (unpaired) electrons. The molecular formula is C41H26N2S. The SMILES string of the molecule is c1ccc(-c2cc(-c3ccc4sc5ccccc5c4c3)cc(-c3ccc4c(c3)c3ccccc3n4-c3ccccc3)n2)cc1. The highest BCUT2D eigenvalue weighted by atomic mass is 32.1. The molecule has 6 aromatic carbocycles. The number of rotatable bonds is 4. The number of benzene rings is 6. The molecule has 3 heterocycles. The van der Waals surface area contributed by atoms with Crippen LogP contribution in [0.15, 0.2) is 158 Å². The molecule has 0 bridgehead atoms. The fourth-order valence-corrected chi connectivity index (χ4v) is 7.58. The minimum Gasteiger partial charge on any atom is -0.309 e. The van der Waals surface area contributed by atoms with Crippen molar-refractivity contribution in [1.29, 1.82) is 0 Å². The fraction of sp³-hybridized carbons (Fsp3) is 0.